The quantitative estimate of drug-likeness (QED) is 0.678. The molecule has 6 nitrogen and oxygen atoms in total. The number of carbonyl (C=O) groups excluding carboxylic acids is 3. The first-order valence-corrected chi connectivity index (χ1v) is 7.04. The normalized spacial score (nSPS) is 16.2. The number of esters is 1. The molecule has 1 aromatic carbocycles. The molecule has 0 saturated carbocycles. The van der Waals surface area contributed by atoms with Crippen molar-refractivity contribution in [2.75, 3.05) is 14.2 Å². The molecule has 0 spiro atoms. The van der Waals surface area contributed by atoms with Crippen LogP contribution >= 0.6 is 11.8 Å². The number of allylic oxidation sites excluding steroid dienone is 2. The van der Waals surface area contributed by atoms with Crippen LogP contribution in [0.15, 0.2) is 35.3 Å². The maximum Gasteiger partial charge on any atom is 0.341 e. The zero-order valence-corrected chi connectivity index (χ0v) is 12.7. The first-order valence-electron chi connectivity index (χ1n) is 6.23. The Labute approximate surface area is 131 Å². The number of methoxy groups -OCH3 is 2. The van der Waals surface area contributed by atoms with Gasteiger partial charge in [-0.1, -0.05) is 18.2 Å². The first-order chi connectivity index (χ1) is 10.5. The number of hydrogen-bond donors (Lipinski definition) is 1. The van der Waals surface area contributed by atoms with Gasteiger partial charge in [0.25, 0.3) is 11.1 Å². The van der Waals surface area contributed by atoms with Crippen LogP contribution in [0.5, 0.6) is 5.75 Å². The standard InChI is InChI=1S/C15H13NO5S/c1-20-11-7-6-9(8-10(11)14(18)21-2)4-3-5-12-13(17)16-15(19)22-12/h3-8H,1-2H3,(H,16,17,19). The molecular formula is C15H13NO5S. The Bertz CT molecular complexity index is 693. The number of hydrogen-bond acceptors (Lipinski definition) is 6. The molecule has 1 N–H and O–H groups in total. The van der Waals surface area contributed by atoms with Crippen molar-refractivity contribution in [2.45, 2.75) is 0 Å². The number of benzene rings is 1. The number of ether oxygens (including phenoxy) is 2. The second kappa shape index (κ2) is 6.95. The Morgan fingerprint density at radius 1 is 1.27 bits per heavy atom. The number of nitrogens with one attached hydrogen (secondary N) is 1. The molecular weight excluding hydrogens is 306 g/mol. The van der Waals surface area contributed by atoms with E-state index >= 15 is 0 Å². The summed E-state index contributed by atoms with van der Waals surface area (Å²) in [4.78, 5) is 34.4. The van der Waals surface area contributed by atoms with Gasteiger partial charge in [0.15, 0.2) is 0 Å². The lowest BCUT2D eigenvalue weighted by Gasteiger charge is -2.07. The zero-order valence-electron chi connectivity index (χ0n) is 11.9. The molecule has 2 amide bonds. The van der Waals surface area contributed by atoms with E-state index in [1.807, 2.05) is 0 Å². The number of carbonyl (C=O) groups is 3. The summed E-state index contributed by atoms with van der Waals surface area (Å²) in [5, 5.41) is 1.78. The van der Waals surface area contributed by atoms with Gasteiger partial charge in [-0.25, -0.2) is 4.79 Å². The molecule has 2 rings (SSSR count). The van der Waals surface area contributed by atoms with Crippen LogP contribution in [0.25, 0.3) is 6.08 Å². The average Bonchev–Trinajstić information content (AvgIpc) is 2.84. The predicted octanol–water partition coefficient (Wildman–Crippen LogP) is 2.36. The molecule has 1 fully saturated rings. The molecule has 1 aromatic rings. The number of amides is 2. The summed E-state index contributed by atoms with van der Waals surface area (Å²) >= 11 is 0.843. The zero-order chi connectivity index (χ0) is 16.1. The van der Waals surface area contributed by atoms with Crippen molar-refractivity contribution < 1.29 is 23.9 Å². The van der Waals surface area contributed by atoms with Gasteiger partial charge in [-0.2, -0.15) is 0 Å². The van der Waals surface area contributed by atoms with E-state index in [1.165, 1.54) is 20.3 Å². The van der Waals surface area contributed by atoms with Crippen LogP contribution in [0.1, 0.15) is 15.9 Å². The van der Waals surface area contributed by atoms with E-state index in [-0.39, 0.29) is 5.24 Å². The molecule has 22 heavy (non-hydrogen) atoms. The van der Waals surface area contributed by atoms with Gasteiger partial charge in [-0.3, -0.25) is 14.9 Å². The Hall–Kier alpha value is -2.54. The van der Waals surface area contributed by atoms with Gasteiger partial charge in [0.05, 0.1) is 19.1 Å². The third kappa shape index (κ3) is 3.56. The minimum Gasteiger partial charge on any atom is -0.496 e. The molecule has 0 bridgehead atoms. The van der Waals surface area contributed by atoms with Crippen LogP contribution in [0.2, 0.25) is 0 Å². The molecule has 0 aliphatic carbocycles. The fourth-order valence-corrected chi connectivity index (χ4v) is 2.41. The molecule has 1 aliphatic heterocycles. The van der Waals surface area contributed by atoms with Crippen LogP contribution in [0, 0.1) is 0 Å². The summed E-state index contributed by atoms with van der Waals surface area (Å²) in [5.74, 6) is -0.495. The predicted molar refractivity (Wildman–Crippen MR) is 82.6 cm³/mol. The molecule has 0 radical (unpaired) electrons. The van der Waals surface area contributed by atoms with Crippen LogP contribution < -0.4 is 10.1 Å². The maximum absolute atomic E-state index is 11.7. The number of rotatable bonds is 4. The molecule has 1 heterocycles. The Kier molecular flexibility index (Phi) is 5.00. The van der Waals surface area contributed by atoms with E-state index in [4.69, 9.17) is 9.47 Å². The molecule has 1 saturated heterocycles. The summed E-state index contributed by atoms with van der Waals surface area (Å²) < 4.78 is 9.80. The summed E-state index contributed by atoms with van der Waals surface area (Å²) in [6, 6.07) is 5.03. The molecule has 0 atom stereocenters. The third-order valence-corrected chi connectivity index (χ3v) is 3.64. The van der Waals surface area contributed by atoms with Gasteiger partial charge in [-0.15, -0.1) is 0 Å². The van der Waals surface area contributed by atoms with Crippen LogP contribution in [0.4, 0.5) is 4.79 Å². The smallest absolute Gasteiger partial charge is 0.341 e. The highest BCUT2D eigenvalue weighted by Crippen LogP contribution is 2.24. The third-order valence-electron chi connectivity index (χ3n) is 2.81. The largest absolute Gasteiger partial charge is 0.496 e. The van der Waals surface area contributed by atoms with E-state index in [9.17, 15) is 14.4 Å². The summed E-state index contributed by atoms with van der Waals surface area (Å²) in [7, 11) is 2.76. The Balaban J connectivity index is 2.21. The minimum atomic E-state index is -0.498. The highest BCUT2D eigenvalue weighted by molar-refractivity contribution is 8.18. The second-order valence-corrected chi connectivity index (χ2v) is 5.20. The van der Waals surface area contributed by atoms with Crippen molar-refractivity contribution >= 4 is 35.0 Å². The fourth-order valence-electron chi connectivity index (χ4n) is 1.78. The molecule has 114 valence electrons. The fraction of sp³-hybridized carbons (Fsp3) is 0.133. The molecule has 7 heteroatoms. The lowest BCUT2D eigenvalue weighted by molar-refractivity contribution is -0.115. The van der Waals surface area contributed by atoms with Crippen LogP contribution in [0.3, 0.4) is 0 Å². The highest BCUT2D eigenvalue weighted by atomic mass is 32.2. The van der Waals surface area contributed by atoms with E-state index in [2.05, 4.69) is 5.32 Å². The van der Waals surface area contributed by atoms with Crippen molar-refractivity contribution in [1.29, 1.82) is 0 Å². The first kappa shape index (κ1) is 15.8. The molecule has 0 aromatic heterocycles. The van der Waals surface area contributed by atoms with Crippen LogP contribution in [-0.4, -0.2) is 31.3 Å². The van der Waals surface area contributed by atoms with Gasteiger partial charge in [0.1, 0.15) is 11.3 Å². The van der Waals surface area contributed by atoms with Gasteiger partial charge in [0.2, 0.25) is 0 Å². The second-order valence-electron chi connectivity index (χ2n) is 4.18. The average molecular weight is 319 g/mol. The van der Waals surface area contributed by atoms with Crippen molar-refractivity contribution in [2.24, 2.45) is 0 Å². The van der Waals surface area contributed by atoms with Crippen molar-refractivity contribution in [1.82, 2.24) is 5.32 Å². The van der Waals surface area contributed by atoms with Crippen molar-refractivity contribution in [3.8, 4) is 5.75 Å². The maximum atomic E-state index is 11.7. The summed E-state index contributed by atoms with van der Waals surface area (Å²) in [6.45, 7) is 0. The van der Waals surface area contributed by atoms with E-state index in [0.29, 0.717) is 16.2 Å². The summed E-state index contributed by atoms with van der Waals surface area (Å²) in [5.41, 5.74) is 1.04. The van der Waals surface area contributed by atoms with Gasteiger partial charge in [-0.05, 0) is 35.5 Å². The van der Waals surface area contributed by atoms with E-state index < -0.39 is 11.9 Å². The highest BCUT2D eigenvalue weighted by Gasteiger charge is 2.24. The number of thioether (sulfide) groups is 1. The van der Waals surface area contributed by atoms with E-state index in [0.717, 1.165) is 17.3 Å². The van der Waals surface area contributed by atoms with Crippen molar-refractivity contribution in [3.05, 3.63) is 46.4 Å². The monoisotopic (exact) mass is 319 g/mol. The number of imide groups is 1. The van der Waals surface area contributed by atoms with E-state index in [1.54, 1.807) is 30.4 Å². The Morgan fingerprint density at radius 3 is 2.64 bits per heavy atom. The lowest BCUT2D eigenvalue weighted by atomic mass is 10.1. The summed E-state index contributed by atoms with van der Waals surface area (Å²) in [6.07, 6.45) is 4.87. The topological polar surface area (TPSA) is 81.7 Å². The molecule has 1 aliphatic rings. The lowest BCUT2D eigenvalue weighted by Crippen LogP contribution is -2.17. The SMILES string of the molecule is COC(=O)c1cc(C=CC=C2SC(=O)NC2=O)ccc1OC. The van der Waals surface area contributed by atoms with Gasteiger partial charge < -0.3 is 9.47 Å². The Morgan fingerprint density at radius 2 is 2.05 bits per heavy atom. The van der Waals surface area contributed by atoms with Gasteiger partial charge in [0, 0.05) is 0 Å². The van der Waals surface area contributed by atoms with Gasteiger partial charge >= 0.3 is 5.97 Å². The van der Waals surface area contributed by atoms with Crippen molar-refractivity contribution in [3.63, 3.8) is 0 Å². The molecule has 0 unspecified atom stereocenters. The minimum absolute atomic E-state index is 0.308. The van der Waals surface area contributed by atoms with Crippen LogP contribution in [-0.2, 0) is 9.53 Å².